The number of rotatable bonds is 5. The number of fused-ring (bicyclic) bond motifs is 1. The number of phosphoric ester groups is 1. The third kappa shape index (κ3) is 6.93. The topological polar surface area (TPSA) is 140 Å². The van der Waals surface area contributed by atoms with Crippen LogP contribution in [-0.2, 0) is 15.8 Å². The Morgan fingerprint density at radius 1 is 1.17 bits per heavy atom. The second kappa shape index (κ2) is 10.9. The molecule has 3 aromatic rings. The summed E-state index contributed by atoms with van der Waals surface area (Å²) in [6, 6.07) is 8.69. The average molecular weight is 476 g/mol. The smallest absolute Gasteiger partial charge is 0.790 e. The maximum absolute atomic E-state index is 12.7. The molecule has 3 rings (SSSR count). The Morgan fingerprint density at radius 2 is 1.79 bits per heavy atom. The number of aromatic hydroxyl groups is 1. The molecule has 2 N–H and O–H groups in total. The van der Waals surface area contributed by atoms with Crippen molar-refractivity contribution in [3.05, 3.63) is 56.8 Å². The summed E-state index contributed by atoms with van der Waals surface area (Å²) in [6.07, 6.45) is 0. The van der Waals surface area contributed by atoms with Crippen molar-refractivity contribution in [2.24, 2.45) is 0 Å². The summed E-state index contributed by atoms with van der Waals surface area (Å²) >= 11 is 11.9. The molecule has 0 spiro atoms. The molecule has 29 heavy (non-hydrogen) atoms. The van der Waals surface area contributed by atoms with Gasteiger partial charge in [0.1, 0.15) is 17.9 Å². The minimum Gasteiger partial charge on any atom is -0.790 e. The zero-order valence-electron chi connectivity index (χ0n) is 15.3. The molecule has 142 valence electrons. The van der Waals surface area contributed by atoms with Gasteiger partial charge >= 0.3 is 59.1 Å². The van der Waals surface area contributed by atoms with Crippen LogP contribution in [0.1, 0.15) is 0 Å². The van der Waals surface area contributed by atoms with Crippen LogP contribution in [0.3, 0.4) is 0 Å². The Kier molecular flexibility index (Phi) is 10.2. The van der Waals surface area contributed by atoms with Gasteiger partial charge in [0.25, 0.3) is 5.56 Å². The zero-order chi connectivity index (χ0) is 19.8. The molecule has 0 radical (unpaired) electrons. The largest absolute Gasteiger partial charge is 1.00 e. The van der Waals surface area contributed by atoms with Gasteiger partial charge in [-0.1, -0.05) is 29.3 Å². The third-order valence-corrected chi connectivity index (χ3v) is 4.29. The van der Waals surface area contributed by atoms with E-state index in [0.717, 1.165) is 4.57 Å². The predicted octanol–water partition coefficient (Wildman–Crippen LogP) is -4.04. The number of nitrogens with zero attached hydrogens (tertiary/aromatic N) is 2. The fraction of sp³-hybridized carbons (Fsp3) is 0.0667. The maximum atomic E-state index is 12.7. The van der Waals surface area contributed by atoms with E-state index in [9.17, 15) is 24.3 Å². The predicted molar refractivity (Wildman–Crippen MR) is 96.1 cm³/mol. The van der Waals surface area contributed by atoms with Gasteiger partial charge in [0.2, 0.25) is 5.95 Å². The molecule has 14 heteroatoms. The van der Waals surface area contributed by atoms with Gasteiger partial charge in [0, 0.05) is 15.7 Å². The number of phenolic OH excluding ortho intramolecular Hbond substituents is 1. The first-order valence-corrected chi connectivity index (χ1v) is 9.48. The van der Waals surface area contributed by atoms with Crippen molar-refractivity contribution in [1.82, 2.24) is 9.55 Å². The molecule has 1 heterocycles. The molecule has 0 atom stereocenters. The van der Waals surface area contributed by atoms with Crippen LogP contribution in [0.5, 0.6) is 5.75 Å². The number of anilines is 2. The quantitative estimate of drug-likeness (QED) is 0.281. The van der Waals surface area contributed by atoms with E-state index in [1.807, 2.05) is 0 Å². The zero-order valence-corrected chi connectivity index (χ0v) is 21.7. The molecule has 0 bridgehead atoms. The standard InChI is InChI=1S/C15H12Cl2N3O6P.2Na/c16-8-4-9(17)6-10(5-8)18-15-19-11-2-1-3-12(21)13(11)14(22)20(15)7-26-27(23,24)25;;/h1-6,21H,7H2,(H,18,19)(H2,23,24,25);;/q;2*+1/p-2. The van der Waals surface area contributed by atoms with Crippen LogP contribution in [0.4, 0.5) is 11.6 Å². The van der Waals surface area contributed by atoms with Crippen molar-refractivity contribution in [2.45, 2.75) is 6.73 Å². The summed E-state index contributed by atoms with van der Waals surface area (Å²) in [5.41, 5.74) is -0.332. The minimum atomic E-state index is -5.36. The SMILES string of the molecule is O=c1c2c(O)cccc2nc(Nc2cc(Cl)cc(Cl)c2)n1COP(=O)([O-])[O-].[Na+].[Na+]. The summed E-state index contributed by atoms with van der Waals surface area (Å²) in [4.78, 5) is 38.5. The number of halogens is 2. The second-order valence-corrected chi connectivity index (χ2v) is 7.35. The van der Waals surface area contributed by atoms with E-state index >= 15 is 0 Å². The Bertz CT molecular complexity index is 1120. The van der Waals surface area contributed by atoms with Crippen LogP contribution < -0.4 is 79.8 Å². The van der Waals surface area contributed by atoms with Crippen molar-refractivity contribution in [3.8, 4) is 5.75 Å². The number of hydrogen-bond donors (Lipinski definition) is 2. The Hall–Kier alpha value is -0.130. The molecular formula is C15H10Cl2N3Na2O6P. The summed E-state index contributed by atoms with van der Waals surface area (Å²) in [6.45, 7) is -0.934. The minimum absolute atomic E-state index is 0. The van der Waals surface area contributed by atoms with Gasteiger partial charge in [-0.3, -0.25) is 9.36 Å². The normalized spacial score (nSPS) is 10.9. The van der Waals surface area contributed by atoms with Gasteiger partial charge in [-0.15, -0.1) is 0 Å². The number of nitrogens with one attached hydrogen (secondary N) is 1. The van der Waals surface area contributed by atoms with Crippen LogP contribution in [-0.4, -0.2) is 14.7 Å². The van der Waals surface area contributed by atoms with Crippen molar-refractivity contribution in [1.29, 1.82) is 0 Å². The molecular weight excluding hydrogens is 466 g/mol. The van der Waals surface area contributed by atoms with E-state index in [4.69, 9.17) is 23.2 Å². The van der Waals surface area contributed by atoms with Gasteiger partial charge in [-0.25, -0.2) is 4.98 Å². The van der Waals surface area contributed by atoms with E-state index < -0.39 is 20.1 Å². The second-order valence-electron chi connectivity index (χ2n) is 5.33. The van der Waals surface area contributed by atoms with Crippen molar-refractivity contribution in [3.63, 3.8) is 0 Å². The van der Waals surface area contributed by atoms with Crippen molar-refractivity contribution in [2.75, 3.05) is 5.32 Å². The van der Waals surface area contributed by atoms with Crippen LogP contribution in [0.25, 0.3) is 10.9 Å². The molecule has 0 fully saturated rings. The van der Waals surface area contributed by atoms with Crippen LogP contribution >= 0.6 is 31.0 Å². The Labute approximate surface area is 218 Å². The first kappa shape index (κ1) is 26.9. The van der Waals surface area contributed by atoms with E-state index in [0.29, 0.717) is 15.7 Å². The van der Waals surface area contributed by atoms with Crippen molar-refractivity contribution >= 4 is 53.6 Å². The van der Waals surface area contributed by atoms with Gasteiger partial charge in [-0.2, -0.15) is 0 Å². The number of phosphoric acid groups is 1. The summed E-state index contributed by atoms with van der Waals surface area (Å²) in [7, 11) is -5.36. The third-order valence-electron chi connectivity index (χ3n) is 3.43. The van der Waals surface area contributed by atoms with E-state index in [1.54, 1.807) is 0 Å². The Balaban J connectivity index is 0.00000210. The monoisotopic (exact) mass is 475 g/mol. The fourth-order valence-corrected chi connectivity index (χ4v) is 3.13. The molecule has 2 aromatic carbocycles. The number of benzene rings is 2. The molecule has 1 aromatic heterocycles. The molecule has 0 aliphatic carbocycles. The van der Waals surface area contributed by atoms with Crippen LogP contribution in [0, 0.1) is 0 Å². The first-order valence-electron chi connectivity index (χ1n) is 7.26. The Morgan fingerprint density at radius 3 is 2.38 bits per heavy atom. The summed E-state index contributed by atoms with van der Waals surface area (Å²) in [5, 5.41) is 13.1. The summed E-state index contributed by atoms with van der Waals surface area (Å²) in [5.74, 6) is -0.506. The van der Waals surface area contributed by atoms with E-state index in [2.05, 4.69) is 14.8 Å². The van der Waals surface area contributed by atoms with Crippen LogP contribution in [0.2, 0.25) is 10.0 Å². The van der Waals surface area contributed by atoms with E-state index in [-0.39, 0.29) is 81.7 Å². The summed E-state index contributed by atoms with van der Waals surface area (Å²) < 4.78 is 15.8. The molecule has 9 nitrogen and oxygen atoms in total. The van der Waals surface area contributed by atoms with Crippen molar-refractivity contribution < 1.29 is 83.1 Å². The number of hydrogen-bond acceptors (Lipinski definition) is 8. The maximum Gasteiger partial charge on any atom is 1.00 e. The molecule has 0 aliphatic rings. The number of aromatic nitrogens is 2. The fourth-order valence-electron chi connectivity index (χ4n) is 2.34. The molecule has 0 saturated heterocycles. The number of phenols is 1. The van der Waals surface area contributed by atoms with Gasteiger partial charge in [0.15, 0.2) is 0 Å². The molecule has 0 unspecified atom stereocenters. The average Bonchev–Trinajstić information content (AvgIpc) is 2.52. The van der Waals surface area contributed by atoms with Gasteiger partial charge in [-0.05, 0) is 30.3 Å². The molecule has 0 aliphatic heterocycles. The van der Waals surface area contributed by atoms with Gasteiger partial charge < -0.3 is 29.3 Å². The van der Waals surface area contributed by atoms with E-state index in [1.165, 1.54) is 36.4 Å². The first-order chi connectivity index (χ1) is 12.6. The van der Waals surface area contributed by atoms with Gasteiger partial charge in [0.05, 0.1) is 13.3 Å². The van der Waals surface area contributed by atoms with Crippen LogP contribution in [0.15, 0.2) is 41.2 Å². The molecule has 0 saturated carbocycles. The molecule has 0 amide bonds.